The van der Waals surface area contributed by atoms with Gasteiger partial charge in [-0.2, -0.15) is 14.5 Å². The van der Waals surface area contributed by atoms with Crippen molar-refractivity contribution >= 4 is 22.7 Å². The summed E-state index contributed by atoms with van der Waals surface area (Å²) in [5.74, 6) is 0.121. The Hall–Kier alpha value is -2.81. The number of rotatable bonds is 4. The molecule has 1 aromatic carbocycles. The van der Waals surface area contributed by atoms with Crippen molar-refractivity contribution in [3.05, 3.63) is 47.5 Å². The van der Waals surface area contributed by atoms with Crippen LogP contribution >= 0.6 is 11.5 Å². The van der Waals surface area contributed by atoms with Gasteiger partial charge in [-0.3, -0.25) is 10.00 Å². The smallest absolute Gasteiger partial charge is 0.321 e. The summed E-state index contributed by atoms with van der Waals surface area (Å²) in [6.45, 7) is 2.30. The van der Waals surface area contributed by atoms with Crippen LogP contribution in [0.25, 0.3) is 11.4 Å². The van der Waals surface area contributed by atoms with Gasteiger partial charge >= 0.3 is 6.03 Å². The number of halogens is 1. The first-order valence-electron chi connectivity index (χ1n) is 7.15. The van der Waals surface area contributed by atoms with Crippen LogP contribution in [0.15, 0.2) is 30.5 Å². The zero-order chi connectivity index (χ0) is 17.1. The van der Waals surface area contributed by atoms with Gasteiger partial charge in [-0.1, -0.05) is 0 Å². The zero-order valence-electron chi connectivity index (χ0n) is 13.1. The van der Waals surface area contributed by atoms with E-state index in [2.05, 4.69) is 25.1 Å². The maximum Gasteiger partial charge on any atom is 0.321 e. The third kappa shape index (κ3) is 3.57. The van der Waals surface area contributed by atoms with Crippen LogP contribution in [0.2, 0.25) is 0 Å². The van der Waals surface area contributed by atoms with Gasteiger partial charge in [-0.05, 0) is 31.2 Å². The van der Waals surface area contributed by atoms with E-state index >= 15 is 0 Å². The van der Waals surface area contributed by atoms with E-state index in [1.165, 1.54) is 12.1 Å². The number of carbonyl (C=O) groups excluding carboxylic acids is 1. The van der Waals surface area contributed by atoms with Crippen molar-refractivity contribution in [1.82, 2.24) is 24.5 Å². The summed E-state index contributed by atoms with van der Waals surface area (Å²) in [6.07, 6.45) is 1.72. The van der Waals surface area contributed by atoms with Crippen molar-refractivity contribution in [2.75, 3.05) is 5.32 Å². The molecule has 0 aliphatic rings. The molecular weight excluding hydrogens is 331 g/mol. The molecule has 2 amide bonds. The number of benzene rings is 1. The average molecular weight is 346 g/mol. The van der Waals surface area contributed by atoms with Crippen LogP contribution in [0.4, 0.5) is 14.3 Å². The van der Waals surface area contributed by atoms with Crippen molar-refractivity contribution < 1.29 is 9.18 Å². The lowest BCUT2D eigenvalue weighted by Gasteiger charge is -2.04. The zero-order valence-corrected chi connectivity index (χ0v) is 13.9. The van der Waals surface area contributed by atoms with E-state index in [9.17, 15) is 9.18 Å². The summed E-state index contributed by atoms with van der Waals surface area (Å²) < 4.78 is 18.8. The van der Waals surface area contributed by atoms with E-state index in [-0.39, 0.29) is 11.8 Å². The fourth-order valence-electron chi connectivity index (χ4n) is 2.02. The van der Waals surface area contributed by atoms with E-state index < -0.39 is 0 Å². The van der Waals surface area contributed by atoms with Crippen LogP contribution in [0.3, 0.4) is 0 Å². The third-order valence-corrected chi connectivity index (χ3v) is 4.16. The highest BCUT2D eigenvalue weighted by Gasteiger charge is 2.10. The van der Waals surface area contributed by atoms with Crippen molar-refractivity contribution in [1.29, 1.82) is 0 Å². The molecule has 0 atom stereocenters. The van der Waals surface area contributed by atoms with Gasteiger partial charge in [-0.15, -0.1) is 0 Å². The number of carbonyl (C=O) groups is 1. The Morgan fingerprint density at radius 1 is 1.33 bits per heavy atom. The van der Waals surface area contributed by atoms with Gasteiger partial charge in [0.25, 0.3) is 0 Å². The van der Waals surface area contributed by atoms with Gasteiger partial charge < -0.3 is 5.32 Å². The van der Waals surface area contributed by atoms with Crippen LogP contribution < -0.4 is 10.6 Å². The maximum atomic E-state index is 12.9. The molecule has 2 heterocycles. The first kappa shape index (κ1) is 16.1. The lowest BCUT2D eigenvalue weighted by molar-refractivity contribution is 0.251. The van der Waals surface area contributed by atoms with Crippen LogP contribution in [-0.2, 0) is 13.6 Å². The molecule has 7 nitrogen and oxygen atoms in total. The molecule has 124 valence electrons. The predicted octanol–water partition coefficient (Wildman–Crippen LogP) is 2.71. The number of aromatic nitrogens is 4. The van der Waals surface area contributed by atoms with Gasteiger partial charge in [0.05, 0.1) is 6.20 Å². The first-order chi connectivity index (χ1) is 11.5. The number of amides is 2. The topological polar surface area (TPSA) is 84.7 Å². The fraction of sp³-hybridized carbons (Fsp3) is 0.200. The van der Waals surface area contributed by atoms with E-state index in [4.69, 9.17) is 0 Å². The van der Waals surface area contributed by atoms with E-state index in [1.54, 1.807) is 23.0 Å². The minimum Gasteiger partial charge on any atom is -0.334 e. The Morgan fingerprint density at radius 3 is 2.75 bits per heavy atom. The highest BCUT2D eigenvalue weighted by molar-refractivity contribution is 7.10. The summed E-state index contributed by atoms with van der Waals surface area (Å²) in [5, 5.41) is 9.87. The largest absolute Gasteiger partial charge is 0.334 e. The van der Waals surface area contributed by atoms with E-state index in [1.807, 2.05) is 14.0 Å². The number of hydrogen-bond donors (Lipinski definition) is 2. The lowest BCUT2D eigenvalue weighted by Crippen LogP contribution is -2.28. The van der Waals surface area contributed by atoms with E-state index in [0.717, 1.165) is 22.8 Å². The summed E-state index contributed by atoms with van der Waals surface area (Å²) in [6, 6.07) is 5.48. The number of nitrogens with one attached hydrogen (secondary N) is 2. The molecule has 24 heavy (non-hydrogen) atoms. The number of anilines is 1. The molecule has 2 aromatic heterocycles. The number of aryl methyl sites for hydroxylation is 1. The van der Waals surface area contributed by atoms with Crippen LogP contribution in [0.1, 0.15) is 11.3 Å². The Kier molecular flexibility index (Phi) is 4.52. The molecular formula is C15H15FN6OS. The number of nitrogens with zero attached hydrogens (tertiary/aromatic N) is 4. The lowest BCUT2D eigenvalue weighted by atomic mass is 10.2. The Bertz CT molecular complexity index is 857. The molecule has 3 rings (SSSR count). The molecule has 0 aliphatic carbocycles. The maximum absolute atomic E-state index is 12.9. The summed E-state index contributed by atoms with van der Waals surface area (Å²) in [4.78, 5) is 16.2. The highest BCUT2D eigenvalue weighted by Crippen LogP contribution is 2.21. The first-order valence-corrected chi connectivity index (χ1v) is 7.92. The molecule has 9 heteroatoms. The number of urea groups is 1. The average Bonchev–Trinajstić information content (AvgIpc) is 3.15. The van der Waals surface area contributed by atoms with Crippen LogP contribution in [0.5, 0.6) is 0 Å². The van der Waals surface area contributed by atoms with E-state index in [0.29, 0.717) is 23.1 Å². The minimum absolute atomic E-state index is 0.322. The molecule has 0 fully saturated rings. The summed E-state index contributed by atoms with van der Waals surface area (Å²) in [7, 11) is 1.84. The molecule has 0 saturated heterocycles. The monoisotopic (exact) mass is 346 g/mol. The van der Waals surface area contributed by atoms with Gasteiger partial charge in [-0.25, -0.2) is 9.18 Å². The normalized spacial score (nSPS) is 10.6. The fourth-order valence-corrected chi connectivity index (χ4v) is 2.61. The van der Waals surface area contributed by atoms with Crippen LogP contribution in [0, 0.1) is 12.7 Å². The molecule has 0 spiro atoms. The molecule has 3 aromatic rings. The molecule has 0 radical (unpaired) electrons. The van der Waals surface area contributed by atoms with Crippen molar-refractivity contribution in [2.24, 2.45) is 7.05 Å². The summed E-state index contributed by atoms with van der Waals surface area (Å²) in [5.41, 5.74) is 2.62. The van der Waals surface area contributed by atoms with Crippen LogP contribution in [-0.4, -0.2) is 25.2 Å². The second-order valence-corrected chi connectivity index (χ2v) is 5.87. The SMILES string of the molecule is Cc1c(CNC(=O)Nc2nc(-c3ccc(F)cc3)ns2)cnn1C. The summed E-state index contributed by atoms with van der Waals surface area (Å²) >= 11 is 1.06. The molecule has 0 bridgehead atoms. The van der Waals surface area contributed by atoms with Crippen molar-refractivity contribution in [3.63, 3.8) is 0 Å². The Morgan fingerprint density at radius 2 is 2.08 bits per heavy atom. The van der Waals surface area contributed by atoms with Gasteiger partial charge in [0, 0.05) is 41.9 Å². The molecule has 0 aliphatic heterocycles. The third-order valence-electron chi connectivity index (χ3n) is 3.53. The Labute approximate surface area is 141 Å². The Balaban J connectivity index is 1.59. The molecule has 2 N–H and O–H groups in total. The second kappa shape index (κ2) is 6.75. The van der Waals surface area contributed by atoms with Crippen molar-refractivity contribution in [2.45, 2.75) is 13.5 Å². The minimum atomic E-state index is -0.375. The molecule has 0 unspecified atom stereocenters. The predicted molar refractivity (Wildman–Crippen MR) is 89.1 cm³/mol. The van der Waals surface area contributed by atoms with Gasteiger partial charge in [0.1, 0.15) is 5.82 Å². The van der Waals surface area contributed by atoms with Gasteiger partial charge in [0.15, 0.2) is 5.82 Å². The van der Waals surface area contributed by atoms with Gasteiger partial charge in [0.2, 0.25) is 5.13 Å². The standard InChI is InChI=1S/C15H15FN6OS/c1-9-11(8-18-22(9)2)7-17-14(23)20-15-19-13(21-24-15)10-3-5-12(16)6-4-10/h3-6,8H,7H2,1-2H3,(H2,17,19,20,21,23). The molecule has 0 saturated carbocycles. The quantitative estimate of drug-likeness (QED) is 0.761. The number of hydrogen-bond acceptors (Lipinski definition) is 5. The highest BCUT2D eigenvalue weighted by atomic mass is 32.1. The van der Waals surface area contributed by atoms with Crippen molar-refractivity contribution in [3.8, 4) is 11.4 Å². The second-order valence-electron chi connectivity index (χ2n) is 5.12.